The van der Waals surface area contributed by atoms with Gasteiger partial charge in [-0.2, -0.15) is 0 Å². The molecule has 2 N–H and O–H groups in total. The number of hydrogen-bond donors (Lipinski definition) is 1. The molecule has 1 aromatic heterocycles. The number of rotatable bonds is 5. The fraction of sp³-hybridized carbons (Fsp3) is 0.636. The highest BCUT2D eigenvalue weighted by molar-refractivity contribution is 5.20. The molecule has 2 rings (SSSR count). The zero-order valence-corrected chi connectivity index (χ0v) is 8.53. The average Bonchev–Trinajstić information content (AvgIpc) is 2.74. The van der Waals surface area contributed by atoms with Crippen LogP contribution >= 0.6 is 0 Å². The third-order valence-corrected chi connectivity index (χ3v) is 2.67. The van der Waals surface area contributed by atoms with Gasteiger partial charge in [0.25, 0.3) is 5.95 Å². The van der Waals surface area contributed by atoms with Crippen molar-refractivity contribution in [2.45, 2.75) is 25.7 Å². The van der Waals surface area contributed by atoms with E-state index in [2.05, 4.69) is 6.92 Å². The molecule has 1 aliphatic rings. The van der Waals surface area contributed by atoms with Crippen molar-refractivity contribution in [1.82, 2.24) is 0 Å². The molecule has 1 heterocycles. The molecule has 2 unspecified atom stereocenters. The van der Waals surface area contributed by atoms with E-state index in [1.54, 1.807) is 0 Å². The lowest BCUT2D eigenvalue weighted by Gasteiger charge is -1.99. The molecule has 0 aromatic carbocycles. The third-order valence-electron chi connectivity index (χ3n) is 2.67. The van der Waals surface area contributed by atoms with Crippen molar-refractivity contribution in [1.29, 1.82) is 0 Å². The molecule has 0 aliphatic heterocycles. The van der Waals surface area contributed by atoms with Crippen LogP contribution < -0.4 is 10.5 Å². The molecule has 0 amide bonds. The monoisotopic (exact) mass is 195 g/mol. The Hall–Kier alpha value is -0.960. The van der Waals surface area contributed by atoms with Crippen LogP contribution in [0.4, 0.5) is 0 Å². The fourth-order valence-electron chi connectivity index (χ4n) is 1.59. The molecule has 1 saturated carbocycles. The van der Waals surface area contributed by atoms with Gasteiger partial charge in [0, 0.05) is 12.0 Å². The first-order valence-corrected chi connectivity index (χ1v) is 5.24. The van der Waals surface area contributed by atoms with E-state index in [9.17, 15) is 0 Å². The Morgan fingerprint density at radius 3 is 3.00 bits per heavy atom. The Morgan fingerprint density at radius 2 is 2.36 bits per heavy atom. The van der Waals surface area contributed by atoms with Crippen LogP contribution in [0, 0.1) is 5.92 Å². The Morgan fingerprint density at radius 1 is 1.57 bits per heavy atom. The quantitative estimate of drug-likeness (QED) is 0.732. The minimum Gasteiger partial charge on any atom is -0.465 e. The zero-order valence-electron chi connectivity index (χ0n) is 8.53. The summed E-state index contributed by atoms with van der Waals surface area (Å²) in [5.74, 6) is 3.10. The number of hydrogen-bond acceptors (Lipinski definition) is 3. The molecule has 0 radical (unpaired) electrons. The van der Waals surface area contributed by atoms with E-state index in [4.69, 9.17) is 14.9 Å². The minimum absolute atomic E-state index is 0.627. The van der Waals surface area contributed by atoms with Gasteiger partial charge in [-0.15, -0.1) is 0 Å². The summed E-state index contributed by atoms with van der Waals surface area (Å²) in [5.41, 5.74) is 5.36. The van der Waals surface area contributed by atoms with E-state index in [1.807, 2.05) is 12.1 Å². The zero-order chi connectivity index (χ0) is 9.97. The van der Waals surface area contributed by atoms with Gasteiger partial charge in [-0.25, -0.2) is 0 Å². The van der Waals surface area contributed by atoms with Gasteiger partial charge in [0.15, 0.2) is 0 Å². The van der Waals surface area contributed by atoms with Crippen molar-refractivity contribution in [3.8, 4) is 5.95 Å². The van der Waals surface area contributed by atoms with Crippen molar-refractivity contribution >= 4 is 0 Å². The van der Waals surface area contributed by atoms with Gasteiger partial charge in [0.1, 0.15) is 5.76 Å². The molecule has 1 aliphatic carbocycles. The summed E-state index contributed by atoms with van der Waals surface area (Å²) >= 11 is 0. The van der Waals surface area contributed by atoms with Gasteiger partial charge in [0.2, 0.25) is 0 Å². The van der Waals surface area contributed by atoms with Crippen molar-refractivity contribution in [3.63, 3.8) is 0 Å². The fourth-order valence-corrected chi connectivity index (χ4v) is 1.59. The molecule has 2 atom stereocenters. The summed E-state index contributed by atoms with van der Waals surface area (Å²) in [7, 11) is 0. The minimum atomic E-state index is 0.627. The third kappa shape index (κ3) is 2.10. The van der Waals surface area contributed by atoms with E-state index >= 15 is 0 Å². The standard InChI is InChI=1S/C11H17NO2/c1-8-7-9(8)10-3-4-11(14-10)13-6-2-5-12/h3-4,8-9H,2,5-7,12H2,1H3. The Labute approximate surface area is 84.2 Å². The highest BCUT2D eigenvalue weighted by atomic mass is 16.6. The van der Waals surface area contributed by atoms with Crippen molar-refractivity contribution in [2.24, 2.45) is 11.7 Å². The molecule has 0 bridgehead atoms. The maximum absolute atomic E-state index is 5.56. The first-order chi connectivity index (χ1) is 6.81. The molecule has 78 valence electrons. The predicted octanol–water partition coefficient (Wildman–Crippen LogP) is 2.13. The van der Waals surface area contributed by atoms with Gasteiger partial charge in [-0.3, -0.25) is 0 Å². The Balaban J connectivity index is 1.84. The summed E-state index contributed by atoms with van der Waals surface area (Å²) in [5, 5.41) is 0. The van der Waals surface area contributed by atoms with Crippen LogP contribution in [0.2, 0.25) is 0 Å². The largest absolute Gasteiger partial charge is 0.465 e. The van der Waals surface area contributed by atoms with E-state index < -0.39 is 0 Å². The molecule has 14 heavy (non-hydrogen) atoms. The summed E-state index contributed by atoms with van der Waals surface area (Å²) < 4.78 is 11.0. The average molecular weight is 195 g/mol. The second-order valence-electron chi connectivity index (χ2n) is 3.97. The van der Waals surface area contributed by atoms with Gasteiger partial charge in [-0.1, -0.05) is 6.92 Å². The van der Waals surface area contributed by atoms with Crippen molar-refractivity contribution in [3.05, 3.63) is 17.9 Å². The summed E-state index contributed by atoms with van der Waals surface area (Å²) in [6, 6.07) is 3.92. The first-order valence-electron chi connectivity index (χ1n) is 5.24. The molecule has 3 nitrogen and oxygen atoms in total. The Bertz CT molecular complexity index is 295. The normalized spacial score (nSPS) is 25.0. The van der Waals surface area contributed by atoms with Gasteiger partial charge >= 0.3 is 0 Å². The molecule has 0 saturated heterocycles. The second-order valence-corrected chi connectivity index (χ2v) is 3.97. The maximum Gasteiger partial charge on any atom is 0.284 e. The predicted molar refractivity (Wildman–Crippen MR) is 54.4 cm³/mol. The highest BCUT2D eigenvalue weighted by Gasteiger charge is 2.36. The lowest BCUT2D eigenvalue weighted by atomic mass is 10.3. The lowest BCUT2D eigenvalue weighted by molar-refractivity contribution is 0.234. The van der Waals surface area contributed by atoms with Gasteiger partial charge in [-0.05, 0) is 31.4 Å². The summed E-state index contributed by atoms with van der Waals surface area (Å²) in [6.07, 6.45) is 2.12. The molecular formula is C11H17NO2. The SMILES string of the molecule is CC1CC1c1ccc(OCCCN)o1. The van der Waals surface area contributed by atoms with Gasteiger partial charge < -0.3 is 14.9 Å². The van der Waals surface area contributed by atoms with Crippen LogP contribution in [0.3, 0.4) is 0 Å². The molecule has 1 fully saturated rings. The Kier molecular flexibility index (Phi) is 2.77. The smallest absolute Gasteiger partial charge is 0.284 e. The second kappa shape index (κ2) is 4.05. The van der Waals surface area contributed by atoms with Gasteiger partial charge in [0.05, 0.1) is 6.61 Å². The van der Waals surface area contributed by atoms with E-state index in [1.165, 1.54) is 6.42 Å². The number of furan rings is 1. The molecule has 3 heteroatoms. The van der Waals surface area contributed by atoms with E-state index in [0.29, 0.717) is 25.0 Å². The highest BCUT2D eigenvalue weighted by Crippen LogP contribution is 2.47. The maximum atomic E-state index is 5.56. The van der Waals surface area contributed by atoms with Crippen LogP contribution in [-0.4, -0.2) is 13.2 Å². The van der Waals surface area contributed by atoms with Crippen molar-refractivity contribution in [2.75, 3.05) is 13.2 Å². The van der Waals surface area contributed by atoms with Crippen molar-refractivity contribution < 1.29 is 9.15 Å². The summed E-state index contributed by atoms with van der Waals surface area (Å²) in [6.45, 7) is 3.54. The first kappa shape index (κ1) is 9.59. The topological polar surface area (TPSA) is 48.4 Å². The number of ether oxygens (including phenoxy) is 1. The van der Waals surface area contributed by atoms with Crippen LogP contribution in [-0.2, 0) is 0 Å². The lowest BCUT2D eigenvalue weighted by Crippen LogP contribution is -2.05. The van der Waals surface area contributed by atoms with Crippen LogP contribution in [0.5, 0.6) is 5.95 Å². The molecular weight excluding hydrogens is 178 g/mol. The van der Waals surface area contributed by atoms with E-state index in [-0.39, 0.29) is 0 Å². The molecule has 0 spiro atoms. The van der Waals surface area contributed by atoms with Crippen LogP contribution in [0.25, 0.3) is 0 Å². The van der Waals surface area contributed by atoms with Crippen LogP contribution in [0.1, 0.15) is 31.4 Å². The molecule has 1 aromatic rings. The van der Waals surface area contributed by atoms with E-state index in [0.717, 1.165) is 18.1 Å². The van der Waals surface area contributed by atoms with Crippen LogP contribution in [0.15, 0.2) is 16.5 Å². The summed E-state index contributed by atoms with van der Waals surface area (Å²) in [4.78, 5) is 0. The number of nitrogens with two attached hydrogens (primary N) is 1.